The molecule has 0 saturated carbocycles. The van der Waals surface area contributed by atoms with Crippen LogP contribution in [0, 0.1) is 5.82 Å². The van der Waals surface area contributed by atoms with E-state index in [1.165, 1.54) is 12.1 Å². The second-order valence-electron chi connectivity index (χ2n) is 5.05. The summed E-state index contributed by atoms with van der Waals surface area (Å²) in [4.78, 5) is 0. The maximum atomic E-state index is 13.2. The highest BCUT2D eigenvalue weighted by Gasteiger charge is 2.21. The first-order valence-corrected chi connectivity index (χ1v) is 6.79. The predicted molar refractivity (Wildman–Crippen MR) is 76.9 cm³/mol. The van der Waals surface area contributed by atoms with Crippen LogP contribution in [-0.2, 0) is 6.54 Å². The summed E-state index contributed by atoms with van der Waals surface area (Å²) >= 11 is 0. The van der Waals surface area contributed by atoms with Gasteiger partial charge >= 0.3 is 0 Å². The van der Waals surface area contributed by atoms with Crippen molar-refractivity contribution < 1.29 is 19.3 Å². The van der Waals surface area contributed by atoms with E-state index in [0.717, 1.165) is 17.3 Å². The van der Waals surface area contributed by atoms with Gasteiger partial charge < -0.3 is 20.3 Å². The van der Waals surface area contributed by atoms with Crippen LogP contribution >= 0.6 is 0 Å². The van der Waals surface area contributed by atoms with E-state index in [1.54, 1.807) is 0 Å². The van der Waals surface area contributed by atoms with Gasteiger partial charge in [-0.2, -0.15) is 0 Å². The first-order valence-electron chi connectivity index (χ1n) is 6.79. The fraction of sp³-hybridized carbons (Fsp3) is 0.250. The molecular weight excluding hydrogens is 273 g/mol. The zero-order valence-electron chi connectivity index (χ0n) is 11.3. The Bertz CT molecular complexity index is 640. The number of aliphatic hydroxyl groups excluding tert-OH is 1. The molecule has 110 valence electrons. The van der Waals surface area contributed by atoms with Crippen LogP contribution in [-0.4, -0.2) is 16.8 Å². The van der Waals surface area contributed by atoms with Crippen LogP contribution in [0.3, 0.4) is 0 Å². The molecule has 2 aromatic rings. The first-order chi connectivity index (χ1) is 10.1. The summed E-state index contributed by atoms with van der Waals surface area (Å²) in [6.45, 7) is 0.814. The number of para-hydroxylation sites is 1. The molecule has 1 unspecified atom stereocenters. The molecule has 21 heavy (non-hydrogen) atoms. The Balaban J connectivity index is 1.81. The van der Waals surface area contributed by atoms with Crippen molar-refractivity contribution in [2.24, 2.45) is 0 Å². The van der Waals surface area contributed by atoms with Crippen LogP contribution in [0.25, 0.3) is 0 Å². The van der Waals surface area contributed by atoms with Gasteiger partial charge in [0.25, 0.3) is 0 Å². The Morgan fingerprint density at radius 2 is 2.14 bits per heavy atom. The highest BCUT2D eigenvalue weighted by molar-refractivity contribution is 5.61. The largest absolute Gasteiger partial charge is 0.508 e. The molecule has 1 atom stereocenters. The van der Waals surface area contributed by atoms with Crippen molar-refractivity contribution in [3.63, 3.8) is 0 Å². The van der Waals surface area contributed by atoms with E-state index in [-0.39, 0.29) is 5.75 Å². The first kappa shape index (κ1) is 13.7. The maximum Gasteiger partial charge on any atom is 0.148 e. The maximum absolute atomic E-state index is 13.2. The summed E-state index contributed by atoms with van der Waals surface area (Å²) < 4.78 is 18.8. The molecule has 0 bridgehead atoms. The molecule has 3 N–H and O–H groups in total. The number of aromatic hydroxyl groups is 1. The Morgan fingerprint density at radius 3 is 2.95 bits per heavy atom. The highest BCUT2D eigenvalue weighted by Crippen LogP contribution is 2.38. The van der Waals surface area contributed by atoms with Crippen LogP contribution in [0.1, 0.15) is 23.7 Å². The number of phenolic OH excluding ortho intramolecular Hbond substituents is 1. The number of aliphatic hydroxyl groups is 1. The van der Waals surface area contributed by atoms with E-state index >= 15 is 0 Å². The van der Waals surface area contributed by atoms with Crippen molar-refractivity contribution in [3.8, 4) is 11.5 Å². The fourth-order valence-corrected chi connectivity index (χ4v) is 2.48. The summed E-state index contributed by atoms with van der Waals surface area (Å²) in [5.41, 5.74) is 2.13. The topological polar surface area (TPSA) is 61.7 Å². The number of ether oxygens (including phenoxy) is 1. The van der Waals surface area contributed by atoms with E-state index in [0.29, 0.717) is 30.9 Å². The summed E-state index contributed by atoms with van der Waals surface area (Å²) in [5.74, 6) is 0.0546. The second kappa shape index (κ2) is 5.61. The average molecular weight is 289 g/mol. The van der Waals surface area contributed by atoms with Gasteiger partial charge in [0.15, 0.2) is 0 Å². The van der Waals surface area contributed by atoms with Gasteiger partial charge in [-0.1, -0.05) is 12.1 Å². The van der Waals surface area contributed by atoms with Gasteiger partial charge in [0.2, 0.25) is 0 Å². The van der Waals surface area contributed by atoms with E-state index in [1.807, 2.05) is 18.2 Å². The Morgan fingerprint density at radius 1 is 1.29 bits per heavy atom. The lowest BCUT2D eigenvalue weighted by Gasteiger charge is -2.24. The Hall–Kier alpha value is -2.27. The third kappa shape index (κ3) is 2.92. The smallest absolute Gasteiger partial charge is 0.148 e. The molecule has 0 aliphatic carbocycles. The van der Waals surface area contributed by atoms with Crippen molar-refractivity contribution in [2.45, 2.75) is 19.1 Å². The monoisotopic (exact) mass is 289 g/mol. The van der Waals surface area contributed by atoms with E-state index in [9.17, 15) is 14.6 Å². The summed E-state index contributed by atoms with van der Waals surface area (Å²) in [6.07, 6.45) is 0.0579. The molecule has 2 aromatic carbocycles. The lowest BCUT2D eigenvalue weighted by atomic mass is 10.0. The third-order valence-electron chi connectivity index (χ3n) is 3.47. The average Bonchev–Trinajstić information content (AvgIpc) is 2.45. The highest BCUT2D eigenvalue weighted by atomic mass is 19.1. The fourth-order valence-electron chi connectivity index (χ4n) is 2.48. The molecule has 0 aromatic heterocycles. The molecule has 5 heteroatoms. The van der Waals surface area contributed by atoms with Crippen molar-refractivity contribution in [3.05, 3.63) is 53.3 Å². The predicted octanol–water partition coefficient (Wildman–Crippen LogP) is 2.96. The molecule has 0 saturated heterocycles. The lowest BCUT2D eigenvalue weighted by Crippen LogP contribution is -2.15. The minimum atomic E-state index is -0.520. The van der Waals surface area contributed by atoms with Crippen LogP contribution < -0.4 is 10.1 Å². The van der Waals surface area contributed by atoms with Crippen LogP contribution in [0.2, 0.25) is 0 Å². The minimum Gasteiger partial charge on any atom is -0.508 e. The molecule has 0 radical (unpaired) electrons. The molecule has 0 fully saturated rings. The van der Waals surface area contributed by atoms with Gasteiger partial charge in [-0.3, -0.25) is 0 Å². The molecule has 0 amide bonds. The quantitative estimate of drug-likeness (QED) is 0.813. The van der Waals surface area contributed by atoms with Crippen molar-refractivity contribution in [1.82, 2.24) is 0 Å². The second-order valence-corrected chi connectivity index (χ2v) is 5.05. The molecule has 3 rings (SSSR count). The van der Waals surface area contributed by atoms with Gasteiger partial charge in [-0.15, -0.1) is 0 Å². The molecule has 0 spiro atoms. The molecule has 1 heterocycles. The number of anilines is 1. The van der Waals surface area contributed by atoms with E-state index < -0.39 is 11.9 Å². The number of rotatable bonds is 3. The van der Waals surface area contributed by atoms with Crippen LogP contribution in [0.15, 0.2) is 36.4 Å². The lowest BCUT2D eigenvalue weighted by molar-refractivity contribution is 0.116. The molecule has 1 aliphatic heterocycles. The normalized spacial score (nSPS) is 17.0. The summed E-state index contributed by atoms with van der Waals surface area (Å²) in [5, 5.41) is 22.5. The number of hydrogen-bond acceptors (Lipinski definition) is 4. The van der Waals surface area contributed by atoms with E-state index in [2.05, 4.69) is 5.32 Å². The summed E-state index contributed by atoms with van der Waals surface area (Å²) in [7, 11) is 0. The van der Waals surface area contributed by atoms with Gasteiger partial charge in [-0.25, -0.2) is 4.39 Å². The standard InChI is InChI=1S/C16H16FNO3/c17-11-6-10(7-12(19)8-11)9-18-14-3-1-2-13-15(20)4-5-21-16(13)14/h1-3,6-8,15,18-20H,4-5,9H2. The van der Waals surface area contributed by atoms with Crippen molar-refractivity contribution >= 4 is 5.69 Å². The molecule has 4 nitrogen and oxygen atoms in total. The van der Waals surface area contributed by atoms with Gasteiger partial charge in [-0.05, 0) is 23.8 Å². The zero-order valence-corrected chi connectivity index (χ0v) is 11.3. The number of hydrogen-bond donors (Lipinski definition) is 3. The van der Waals surface area contributed by atoms with Crippen LogP contribution in [0.5, 0.6) is 11.5 Å². The number of phenols is 1. The van der Waals surface area contributed by atoms with E-state index in [4.69, 9.17) is 4.74 Å². The minimum absolute atomic E-state index is 0.103. The van der Waals surface area contributed by atoms with Gasteiger partial charge in [0.05, 0.1) is 18.4 Å². The number of halogens is 1. The van der Waals surface area contributed by atoms with Crippen molar-refractivity contribution in [2.75, 3.05) is 11.9 Å². The zero-order chi connectivity index (χ0) is 14.8. The number of benzene rings is 2. The van der Waals surface area contributed by atoms with Gasteiger partial charge in [0.1, 0.15) is 17.3 Å². The molecule has 1 aliphatic rings. The van der Waals surface area contributed by atoms with Gasteiger partial charge in [0, 0.05) is 24.6 Å². The Kier molecular flexibility index (Phi) is 3.66. The summed E-state index contributed by atoms with van der Waals surface area (Å²) in [6, 6.07) is 9.43. The van der Waals surface area contributed by atoms with Crippen LogP contribution in [0.4, 0.5) is 10.1 Å². The third-order valence-corrected chi connectivity index (χ3v) is 3.47. The van der Waals surface area contributed by atoms with Crippen molar-refractivity contribution in [1.29, 1.82) is 0 Å². The number of fused-ring (bicyclic) bond motifs is 1. The number of nitrogens with one attached hydrogen (secondary N) is 1. The molecular formula is C16H16FNO3. The SMILES string of the molecule is Oc1cc(F)cc(CNc2cccc3c2OCCC3O)c1. The Labute approximate surface area is 121 Å².